The summed E-state index contributed by atoms with van der Waals surface area (Å²) in [4.78, 5) is 106. The highest BCUT2D eigenvalue weighted by Gasteiger charge is 2.79. The molecular formula is C57H67N3O15Si. The SMILES string of the molecule is CC(=O)O[C@H]1C(=O)[C@]2(C)[C@@H](OC(=O)n3ccnc3)C[C@H]3OC[C@@]3(OC(C)=O)[C@H]2[C@H](OC(=O)c2ccccc2)[C@]2(O)C[C@H](OC(=O)[C@H](O[Si](C)(C)C(C)(C)C)[C@@H](NC(=O)c3ccccc3)c3ccccc3)C(C)=C1C2(C)C. The van der Waals surface area contributed by atoms with Crippen molar-refractivity contribution in [2.45, 2.75) is 147 Å². The van der Waals surface area contributed by atoms with Crippen molar-refractivity contribution < 1.29 is 71.5 Å². The van der Waals surface area contributed by atoms with Gasteiger partial charge in [0.05, 0.1) is 29.5 Å². The largest absolute Gasteiger partial charge is 0.456 e. The van der Waals surface area contributed by atoms with Gasteiger partial charge in [-0.15, -0.1) is 0 Å². The highest BCUT2D eigenvalue weighted by atomic mass is 28.4. The average Bonchev–Trinajstić information content (AvgIpc) is 4.05. The lowest BCUT2D eigenvalue weighted by Gasteiger charge is -2.67. The minimum absolute atomic E-state index is 0.00625. The molecule has 3 aromatic carbocycles. The zero-order valence-corrected chi connectivity index (χ0v) is 45.7. The number of rotatable bonds is 13. The Bertz CT molecular complexity index is 2910. The van der Waals surface area contributed by atoms with Crippen molar-refractivity contribution >= 4 is 50.0 Å². The van der Waals surface area contributed by atoms with Crippen LogP contribution >= 0.6 is 0 Å². The fraction of sp³-hybridized carbons (Fsp3) is 0.474. The van der Waals surface area contributed by atoms with Crippen molar-refractivity contribution in [1.29, 1.82) is 0 Å². The molecule has 8 rings (SSSR count). The van der Waals surface area contributed by atoms with Crippen LogP contribution in [0.3, 0.4) is 0 Å². The first-order chi connectivity index (χ1) is 35.7. The molecule has 3 aliphatic carbocycles. The summed E-state index contributed by atoms with van der Waals surface area (Å²) in [6.45, 7) is 18.0. The third-order valence-electron chi connectivity index (χ3n) is 16.6. The molecule has 1 aromatic heterocycles. The number of amides is 1. The molecule has 1 saturated heterocycles. The molecule has 1 aliphatic heterocycles. The van der Waals surface area contributed by atoms with Gasteiger partial charge in [0, 0.05) is 50.1 Å². The smallest absolute Gasteiger partial charge is 0.419 e. The number of aromatic nitrogens is 2. The summed E-state index contributed by atoms with van der Waals surface area (Å²) in [5.74, 6) is -6.62. The standard InChI is InChI=1S/C57H67N3O15Si/c1-33-39(71-51(66)45(75-76(10,11)53(4,5)6)43(36-21-15-12-16-22-36)59-49(64)37-23-17-13-18-24-37)30-57(68)48(73-50(65)38-25-19-14-20-26-38)46-55(9,47(63)44(70-34(2)61)42(33)54(57,7)8)40(72-52(67)60-28-27-58-32-60)29-41-56(46,31-69-41)74-35(3)62/h12-28,32,39-41,43-46,48,68H,29-31H2,1-11H3,(H,59,64)/t39-,40-,41+,43-,44+,45+,46-,48-,55+,56-,57+/m0/s1. The number of aliphatic hydroxyl groups is 1. The first-order valence-electron chi connectivity index (χ1n) is 25.4. The fourth-order valence-electron chi connectivity index (χ4n) is 11.5. The third-order valence-corrected chi connectivity index (χ3v) is 21.1. The molecule has 11 atom stereocenters. The molecule has 0 unspecified atom stereocenters. The predicted octanol–water partition coefficient (Wildman–Crippen LogP) is 7.65. The number of hydrogen-bond donors (Lipinski definition) is 2. The molecule has 2 saturated carbocycles. The van der Waals surface area contributed by atoms with E-state index in [-0.39, 0.29) is 29.7 Å². The minimum atomic E-state index is -2.98. The normalized spacial score (nSPS) is 28.6. The molecule has 0 radical (unpaired) electrons. The number of Topliss-reactive ketones (excluding diaryl/α,β-unsaturated/α-hetero) is 1. The van der Waals surface area contributed by atoms with Crippen LogP contribution in [-0.2, 0) is 52.0 Å². The third kappa shape index (κ3) is 9.82. The van der Waals surface area contributed by atoms with Gasteiger partial charge < -0.3 is 43.3 Å². The Hall–Kier alpha value is -6.80. The second-order valence-corrected chi connectivity index (χ2v) is 27.3. The van der Waals surface area contributed by atoms with Crippen LogP contribution in [0.25, 0.3) is 0 Å². The van der Waals surface area contributed by atoms with Crippen molar-refractivity contribution in [2.75, 3.05) is 6.61 Å². The number of ketones is 1. The van der Waals surface area contributed by atoms with Gasteiger partial charge in [-0.05, 0) is 73.0 Å². The molecule has 2 N–H and O–H groups in total. The number of nitrogens with zero attached hydrogens (tertiary/aromatic N) is 2. The number of carbonyl (C=O) groups is 7. The lowest BCUT2D eigenvalue weighted by Crippen LogP contribution is -2.82. The number of esters is 4. The van der Waals surface area contributed by atoms with Gasteiger partial charge in [-0.25, -0.2) is 23.9 Å². The Morgan fingerprint density at radius 2 is 1.45 bits per heavy atom. The number of carbonyl (C=O) groups excluding carboxylic acids is 7. The van der Waals surface area contributed by atoms with Gasteiger partial charge in [-0.3, -0.25) is 19.2 Å². The lowest BCUT2D eigenvalue weighted by atomic mass is 9.44. The van der Waals surface area contributed by atoms with Crippen molar-refractivity contribution in [3.05, 3.63) is 138 Å². The van der Waals surface area contributed by atoms with E-state index >= 15 is 9.59 Å². The molecular weight excluding hydrogens is 995 g/mol. The van der Waals surface area contributed by atoms with Gasteiger partial charge in [0.15, 0.2) is 31.9 Å². The van der Waals surface area contributed by atoms with E-state index < -0.39 is 132 Å². The maximum Gasteiger partial charge on any atom is 0.419 e. The van der Waals surface area contributed by atoms with Crippen LogP contribution < -0.4 is 5.32 Å². The second kappa shape index (κ2) is 20.6. The quantitative estimate of drug-likeness (QED) is 0.0566. The molecule has 404 valence electrons. The number of imidazole rings is 1. The number of nitrogens with one attached hydrogen (secondary N) is 1. The highest BCUT2D eigenvalue weighted by Crippen LogP contribution is 2.65. The topological polar surface area (TPSA) is 234 Å². The molecule has 3 fully saturated rings. The first-order valence-corrected chi connectivity index (χ1v) is 28.3. The monoisotopic (exact) mass is 1060 g/mol. The summed E-state index contributed by atoms with van der Waals surface area (Å²) in [7, 11) is -2.98. The maximum absolute atomic E-state index is 16.4. The predicted molar refractivity (Wildman–Crippen MR) is 276 cm³/mol. The Labute approximate surface area is 442 Å². The van der Waals surface area contributed by atoms with Crippen LogP contribution in [0.5, 0.6) is 0 Å². The number of fused-ring (bicyclic) bond motifs is 5. The van der Waals surface area contributed by atoms with Crippen molar-refractivity contribution in [2.24, 2.45) is 16.7 Å². The van der Waals surface area contributed by atoms with Crippen molar-refractivity contribution in [3.8, 4) is 0 Å². The molecule has 0 spiro atoms. The molecule has 76 heavy (non-hydrogen) atoms. The molecule has 2 heterocycles. The van der Waals surface area contributed by atoms with E-state index in [4.69, 9.17) is 32.8 Å². The fourth-order valence-corrected chi connectivity index (χ4v) is 12.7. The van der Waals surface area contributed by atoms with E-state index in [1.165, 1.54) is 37.8 Å². The summed E-state index contributed by atoms with van der Waals surface area (Å²) in [5.41, 5.74) is -7.10. The van der Waals surface area contributed by atoms with E-state index in [2.05, 4.69) is 10.3 Å². The average molecular weight is 1060 g/mol. The zero-order valence-electron chi connectivity index (χ0n) is 44.7. The van der Waals surface area contributed by atoms with Crippen LogP contribution in [0, 0.1) is 16.7 Å². The molecule has 19 heteroatoms. The van der Waals surface area contributed by atoms with Gasteiger partial charge in [0.2, 0.25) is 0 Å². The summed E-state index contributed by atoms with van der Waals surface area (Å²) < 4.78 is 46.2. The van der Waals surface area contributed by atoms with Gasteiger partial charge in [0.25, 0.3) is 5.91 Å². The molecule has 18 nitrogen and oxygen atoms in total. The maximum atomic E-state index is 16.4. The number of benzene rings is 3. The first kappa shape index (κ1) is 55.4. The van der Waals surface area contributed by atoms with E-state index in [1.807, 2.05) is 33.9 Å². The van der Waals surface area contributed by atoms with Crippen molar-refractivity contribution in [1.82, 2.24) is 14.9 Å². The van der Waals surface area contributed by atoms with Crippen LogP contribution in [0.2, 0.25) is 18.1 Å². The summed E-state index contributed by atoms with van der Waals surface area (Å²) in [6.07, 6.45) is -7.24. The van der Waals surface area contributed by atoms with Crippen LogP contribution in [0.1, 0.15) is 107 Å². The van der Waals surface area contributed by atoms with Gasteiger partial charge >= 0.3 is 30.0 Å². The van der Waals surface area contributed by atoms with E-state index in [9.17, 15) is 29.1 Å². The lowest BCUT2D eigenvalue weighted by molar-refractivity contribution is -0.345. The van der Waals surface area contributed by atoms with E-state index in [0.717, 1.165) is 18.4 Å². The van der Waals surface area contributed by atoms with Crippen LogP contribution in [-0.4, -0.2) is 119 Å². The minimum Gasteiger partial charge on any atom is -0.456 e. The highest BCUT2D eigenvalue weighted by molar-refractivity contribution is 6.74. The van der Waals surface area contributed by atoms with Gasteiger partial charge in [-0.1, -0.05) is 101 Å². The summed E-state index contributed by atoms with van der Waals surface area (Å²) in [6, 6.07) is 24.0. The molecule has 2 bridgehead atoms. The Morgan fingerprint density at radius 3 is 1.99 bits per heavy atom. The molecule has 4 aliphatic rings. The molecule has 4 aromatic rings. The molecule has 1 amide bonds. The van der Waals surface area contributed by atoms with E-state index in [1.54, 1.807) is 99.6 Å². The summed E-state index contributed by atoms with van der Waals surface area (Å²) >= 11 is 0. The Morgan fingerprint density at radius 1 is 0.842 bits per heavy atom. The van der Waals surface area contributed by atoms with Gasteiger partial charge in [-0.2, -0.15) is 0 Å². The zero-order chi connectivity index (χ0) is 55.3. The van der Waals surface area contributed by atoms with Crippen molar-refractivity contribution in [3.63, 3.8) is 0 Å². The number of hydrogen-bond acceptors (Lipinski definition) is 16. The van der Waals surface area contributed by atoms with E-state index in [0.29, 0.717) is 11.1 Å². The Kier molecular flexibility index (Phi) is 15.0. The summed E-state index contributed by atoms with van der Waals surface area (Å²) in [5, 5.41) is 16.9. The number of ether oxygens (including phenoxy) is 6. The van der Waals surface area contributed by atoms with Gasteiger partial charge in [0.1, 0.15) is 36.3 Å². The Balaban J connectivity index is 1.35. The van der Waals surface area contributed by atoms with Crippen LogP contribution in [0.15, 0.2) is 121 Å². The van der Waals surface area contributed by atoms with Crippen LogP contribution in [0.4, 0.5) is 4.79 Å². The second-order valence-electron chi connectivity index (χ2n) is 22.5.